The molecule has 2 saturated heterocycles. The molecule has 2 fully saturated rings. The molecule has 2 aliphatic heterocycles. The highest BCUT2D eigenvalue weighted by molar-refractivity contribution is 6.22. The van der Waals surface area contributed by atoms with Crippen molar-refractivity contribution in [3.8, 4) is 0 Å². The third-order valence-corrected chi connectivity index (χ3v) is 11.0. The lowest BCUT2D eigenvalue weighted by atomic mass is 9.93. The van der Waals surface area contributed by atoms with Gasteiger partial charge in [-0.1, -0.05) is 39.8 Å². The minimum Gasteiger partial charge on any atom is -0.452 e. The Morgan fingerprint density at radius 1 is 0.556 bits per heavy atom. The van der Waals surface area contributed by atoms with Gasteiger partial charge >= 0.3 is 0 Å². The van der Waals surface area contributed by atoms with Crippen LogP contribution in [-0.4, -0.2) is 26.2 Å². The number of nitrogens with zero attached hydrogens (tertiary/aromatic N) is 2. The monoisotopic (exact) mass is 594 g/mol. The van der Waals surface area contributed by atoms with E-state index in [1.807, 2.05) is 0 Å². The predicted octanol–water partition coefficient (Wildman–Crippen LogP) is 11.4. The van der Waals surface area contributed by atoms with Crippen LogP contribution in [0.2, 0.25) is 0 Å². The van der Waals surface area contributed by atoms with Crippen LogP contribution in [0.25, 0.3) is 65.4 Å². The third-order valence-electron chi connectivity index (χ3n) is 11.0. The van der Waals surface area contributed by atoms with E-state index in [0.717, 1.165) is 71.1 Å². The van der Waals surface area contributed by atoms with Crippen molar-refractivity contribution in [2.75, 3.05) is 36.0 Å². The molecule has 0 saturated carbocycles. The van der Waals surface area contributed by atoms with Crippen molar-refractivity contribution < 1.29 is 8.83 Å². The van der Waals surface area contributed by atoms with Gasteiger partial charge in [0.2, 0.25) is 0 Å². The first-order valence-corrected chi connectivity index (χ1v) is 17.1. The summed E-state index contributed by atoms with van der Waals surface area (Å²) < 4.78 is 13.5. The number of anilines is 2. The molecular formula is C41H42N2O2. The Kier molecular flexibility index (Phi) is 6.14. The molecule has 0 bridgehead atoms. The van der Waals surface area contributed by atoms with Crippen LogP contribution in [0.1, 0.15) is 64.9 Å². The molecule has 5 aromatic carbocycles. The molecule has 4 nitrogen and oxygen atoms in total. The Balaban J connectivity index is 1.21. The summed E-state index contributed by atoms with van der Waals surface area (Å²) in [4.78, 5) is 5.08. The number of fused-ring (bicyclic) bond motifs is 9. The zero-order valence-electron chi connectivity index (χ0n) is 27.0. The molecule has 2 aromatic heterocycles. The smallest absolute Gasteiger partial charge is 0.178 e. The minimum absolute atomic E-state index is 0.345. The summed E-state index contributed by atoms with van der Waals surface area (Å²) in [7, 11) is 0. The second-order valence-corrected chi connectivity index (χ2v) is 14.5. The standard InChI is InChI=1S/C41H42N2O2/c1-24(2)33-23-35-34-19-27-5-7-31(42-13-9-25(3)10-14-42)17-29(27)21-37(34)44-40(35)41-39(33)36-20-28-6-8-32(18-30(28)22-38(36)45-41)43-15-11-26(4)12-16-43/h5-8,17-26H,9-16H2,1-4H3. The second kappa shape index (κ2) is 10.2. The molecule has 0 radical (unpaired) electrons. The molecule has 0 amide bonds. The number of furan rings is 2. The van der Waals surface area contributed by atoms with Gasteiger partial charge in [-0.05, 0) is 125 Å². The first kappa shape index (κ1) is 27.2. The Labute approximate surface area is 264 Å². The summed E-state index contributed by atoms with van der Waals surface area (Å²) in [5, 5.41) is 9.63. The molecule has 4 heteroatoms. The number of piperidine rings is 2. The van der Waals surface area contributed by atoms with Gasteiger partial charge in [-0.25, -0.2) is 0 Å². The van der Waals surface area contributed by atoms with Gasteiger partial charge in [0, 0.05) is 59.1 Å². The van der Waals surface area contributed by atoms with Crippen LogP contribution in [0.3, 0.4) is 0 Å². The van der Waals surface area contributed by atoms with Crippen LogP contribution in [-0.2, 0) is 0 Å². The SMILES string of the molecule is CC1CCN(c2ccc3cc4c(cc3c2)oc2c4cc(C(C)C)c3c4cc5ccc(N6CCC(C)CC6)cc5cc4oc23)CC1. The highest BCUT2D eigenvalue weighted by Gasteiger charge is 2.23. The Morgan fingerprint density at radius 3 is 1.62 bits per heavy atom. The van der Waals surface area contributed by atoms with Gasteiger partial charge in [0.25, 0.3) is 0 Å². The first-order valence-electron chi connectivity index (χ1n) is 17.1. The molecule has 45 heavy (non-hydrogen) atoms. The predicted molar refractivity (Wildman–Crippen MR) is 191 cm³/mol. The summed E-state index contributed by atoms with van der Waals surface area (Å²) in [5.41, 5.74) is 7.53. The average Bonchev–Trinajstić information content (AvgIpc) is 3.60. The van der Waals surface area contributed by atoms with E-state index in [1.54, 1.807) is 0 Å². The van der Waals surface area contributed by atoms with Gasteiger partial charge in [-0.3, -0.25) is 0 Å². The van der Waals surface area contributed by atoms with Crippen molar-refractivity contribution >= 4 is 76.8 Å². The van der Waals surface area contributed by atoms with Gasteiger partial charge < -0.3 is 18.6 Å². The Bertz CT molecular complexity index is 2260. The number of benzene rings is 5. The zero-order valence-corrected chi connectivity index (χ0v) is 27.0. The second-order valence-electron chi connectivity index (χ2n) is 14.5. The summed E-state index contributed by atoms with van der Waals surface area (Å²) in [6.07, 6.45) is 5.06. The molecule has 9 rings (SSSR count). The summed E-state index contributed by atoms with van der Waals surface area (Å²) >= 11 is 0. The van der Waals surface area contributed by atoms with Crippen molar-refractivity contribution in [3.05, 3.63) is 72.3 Å². The molecule has 0 atom stereocenters. The molecular weight excluding hydrogens is 552 g/mol. The molecule has 0 aliphatic carbocycles. The first-order chi connectivity index (χ1) is 21.9. The quantitative estimate of drug-likeness (QED) is 0.204. The maximum atomic E-state index is 6.78. The van der Waals surface area contributed by atoms with Gasteiger partial charge in [0.05, 0.1) is 0 Å². The highest BCUT2D eigenvalue weighted by Crippen LogP contribution is 2.45. The summed E-state index contributed by atoms with van der Waals surface area (Å²) in [5.74, 6) is 1.99. The maximum Gasteiger partial charge on any atom is 0.178 e. The third kappa shape index (κ3) is 4.40. The van der Waals surface area contributed by atoms with Crippen LogP contribution in [0, 0.1) is 11.8 Å². The molecule has 4 heterocycles. The highest BCUT2D eigenvalue weighted by atomic mass is 16.4. The van der Waals surface area contributed by atoms with Crippen LogP contribution in [0.5, 0.6) is 0 Å². The van der Waals surface area contributed by atoms with Crippen molar-refractivity contribution in [2.45, 2.75) is 59.3 Å². The van der Waals surface area contributed by atoms with E-state index < -0.39 is 0 Å². The normalized spacial score (nSPS) is 17.4. The largest absolute Gasteiger partial charge is 0.452 e. The minimum atomic E-state index is 0.345. The molecule has 228 valence electrons. The van der Waals surface area contributed by atoms with Crippen molar-refractivity contribution in [1.29, 1.82) is 0 Å². The van der Waals surface area contributed by atoms with Crippen molar-refractivity contribution in [3.63, 3.8) is 0 Å². The Hall–Kier alpha value is -4.18. The fourth-order valence-corrected chi connectivity index (χ4v) is 8.04. The molecule has 0 unspecified atom stereocenters. The fraction of sp³-hybridized carbons (Fsp3) is 0.366. The van der Waals surface area contributed by atoms with E-state index in [0.29, 0.717) is 5.92 Å². The number of hydrogen-bond donors (Lipinski definition) is 0. The van der Waals surface area contributed by atoms with Crippen LogP contribution < -0.4 is 9.80 Å². The number of hydrogen-bond acceptors (Lipinski definition) is 4. The lowest BCUT2D eigenvalue weighted by Crippen LogP contribution is -2.32. The van der Waals surface area contributed by atoms with Crippen LogP contribution in [0.15, 0.2) is 75.6 Å². The van der Waals surface area contributed by atoms with Crippen molar-refractivity contribution in [2.24, 2.45) is 11.8 Å². The Morgan fingerprint density at radius 2 is 1.07 bits per heavy atom. The van der Waals surface area contributed by atoms with Crippen LogP contribution in [0.4, 0.5) is 11.4 Å². The molecule has 2 aliphatic rings. The van der Waals surface area contributed by atoms with Gasteiger partial charge in [-0.15, -0.1) is 0 Å². The summed E-state index contributed by atoms with van der Waals surface area (Å²) in [6.45, 7) is 13.8. The summed E-state index contributed by atoms with van der Waals surface area (Å²) in [6, 6.07) is 25.4. The topological polar surface area (TPSA) is 32.8 Å². The van der Waals surface area contributed by atoms with Gasteiger partial charge in [0.15, 0.2) is 11.2 Å². The lowest BCUT2D eigenvalue weighted by molar-refractivity contribution is 0.438. The van der Waals surface area contributed by atoms with E-state index in [9.17, 15) is 0 Å². The van der Waals surface area contributed by atoms with Crippen molar-refractivity contribution in [1.82, 2.24) is 0 Å². The number of rotatable bonds is 3. The maximum absolute atomic E-state index is 6.78. The van der Waals surface area contributed by atoms with E-state index in [4.69, 9.17) is 8.83 Å². The molecule has 7 aromatic rings. The van der Waals surface area contributed by atoms with E-state index in [2.05, 4.69) is 104 Å². The molecule has 0 spiro atoms. The lowest BCUT2D eigenvalue weighted by Gasteiger charge is -2.32. The van der Waals surface area contributed by atoms with Crippen LogP contribution >= 0.6 is 0 Å². The average molecular weight is 595 g/mol. The molecule has 0 N–H and O–H groups in total. The zero-order chi connectivity index (χ0) is 30.4. The van der Waals surface area contributed by atoms with Gasteiger partial charge in [0.1, 0.15) is 11.2 Å². The van der Waals surface area contributed by atoms with Gasteiger partial charge in [-0.2, -0.15) is 0 Å². The van der Waals surface area contributed by atoms with E-state index in [1.165, 1.54) is 74.9 Å². The van der Waals surface area contributed by atoms with E-state index in [-0.39, 0.29) is 0 Å². The fourth-order valence-electron chi connectivity index (χ4n) is 8.04. The van der Waals surface area contributed by atoms with E-state index >= 15 is 0 Å².